The molecule has 0 aromatic heterocycles. The molecule has 0 aromatic carbocycles. The predicted molar refractivity (Wildman–Crippen MR) is 69.3 cm³/mol. The number of carbonyl (C=O) groups is 2. The van der Waals surface area contributed by atoms with Crippen LogP contribution in [0.2, 0.25) is 0 Å². The minimum Gasteiger partial charge on any atom is -0.480 e. The average molecular weight is 256 g/mol. The van der Waals surface area contributed by atoms with E-state index in [1.165, 1.54) is 0 Å². The molecule has 1 amide bonds. The first kappa shape index (κ1) is 15.0. The first-order chi connectivity index (χ1) is 8.19. The van der Waals surface area contributed by atoms with Crippen molar-refractivity contribution in [3.05, 3.63) is 0 Å². The van der Waals surface area contributed by atoms with Crippen LogP contribution >= 0.6 is 0 Å². The minimum atomic E-state index is -1.16. The Balaban J connectivity index is 2.53. The second kappa shape index (κ2) is 5.26. The third-order valence-electron chi connectivity index (χ3n) is 3.52. The van der Waals surface area contributed by atoms with Crippen molar-refractivity contribution in [3.63, 3.8) is 0 Å². The highest BCUT2D eigenvalue weighted by atomic mass is 16.4. The number of aliphatic carboxylic acids is 1. The zero-order chi connectivity index (χ0) is 14.0. The molecule has 2 N–H and O–H groups in total. The van der Waals surface area contributed by atoms with Gasteiger partial charge in [0.2, 0.25) is 5.91 Å². The Morgan fingerprint density at radius 2 is 1.89 bits per heavy atom. The molecule has 0 spiro atoms. The van der Waals surface area contributed by atoms with Crippen molar-refractivity contribution in [2.75, 3.05) is 27.2 Å². The molecular weight excluding hydrogens is 232 g/mol. The minimum absolute atomic E-state index is 0.0669. The van der Waals surface area contributed by atoms with Crippen LogP contribution in [0.1, 0.15) is 33.1 Å². The van der Waals surface area contributed by atoms with Gasteiger partial charge in [-0.25, -0.2) is 0 Å². The quantitative estimate of drug-likeness (QED) is 0.694. The van der Waals surface area contributed by atoms with Gasteiger partial charge in [-0.3, -0.25) is 9.59 Å². The second-order valence-electron chi connectivity index (χ2n) is 6.33. The van der Waals surface area contributed by atoms with Crippen molar-refractivity contribution in [1.82, 2.24) is 10.2 Å². The SMILES string of the molecule is CN(C)CC(C)(C)CNC(=O)C1(C(=O)O)CCC1. The molecular formula is C13H24N2O3. The van der Waals surface area contributed by atoms with Crippen LogP contribution < -0.4 is 5.32 Å². The summed E-state index contributed by atoms with van der Waals surface area (Å²) in [6.07, 6.45) is 1.74. The number of hydrogen-bond donors (Lipinski definition) is 2. The highest BCUT2D eigenvalue weighted by Gasteiger charge is 2.51. The maximum absolute atomic E-state index is 12.0. The van der Waals surface area contributed by atoms with Gasteiger partial charge in [-0.1, -0.05) is 20.3 Å². The lowest BCUT2D eigenvalue weighted by Gasteiger charge is -2.37. The van der Waals surface area contributed by atoms with E-state index in [1.807, 2.05) is 14.1 Å². The average Bonchev–Trinajstić information content (AvgIpc) is 2.10. The van der Waals surface area contributed by atoms with Crippen LogP contribution in [0.15, 0.2) is 0 Å². The molecule has 0 aromatic rings. The van der Waals surface area contributed by atoms with Crippen LogP contribution in [0.25, 0.3) is 0 Å². The molecule has 0 atom stereocenters. The summed E-state index contributed by atoms with van der Waals surface area (Å²) < 4.78 is 0. The summed E-state index contributed by atoms with van der Waals surface area (Å²) in [5.41, 5.74) is -1.23. The molecule has 1 aliphatic carbocycles. The number of amides is 1. The van der Waals surface area contributed by atoms with E-state index in [2.05, 4.69) is 24.1 Å². The van der Waals surface area contributed by atoms with Gasteiger partial charge in [0.1, 0.15) is 5.41 Å². The first-order valence-corrected chi connectivity index (χ1v) is 6.36. The molecule has 0 radical (unpaired) electrons. The molecule has 0 unspecified atom stereocenters. The van der Waals surface area contributed by atoms with E-state index in [9.17, 15) is 9.59 Å². The lowest BCUT2D eigenvalue weighted by atomic mass is 9.68. The van der Waals surface area contributed by atoms with E-state index in [4.69, 9.17) is 5.11 Å². The van der Waals surface area contributed by atoms with Crippen LogP contribution in [0, 0.1) is 10.8 Å². The number of hydrogen-bond acceptors (Lipinski definition) is 3. The molecule has 0 saturated heterocycles. The van der Waals surface area contributed by atoms with E-state index in [0.29, 0.717) is 19.4 Å². The van der Waals surface area contributed by atoms with E-state index in [1.54, 1.807) is 0 Å². The molecule has 0 aliphatic heterocycles. The first-order valence-electron chi connectivity index (χ1n) is 6.36. The van der Waals surface area contributed by atoms with Crippen LogP contribution in [-0.4, -0.2) is 49.1 Å². The maximum atomic E-state index is 12.0. The molecule has 18 heavy (non-hydrogen) atoms. The van der Waals surface area contributed by atoms with E-state index in [0.717, 1.165) is 13.0 Å². The normalized spacial score (nSPS) is 18.3. The summed E-state index contributed by atoms with van der Waals surface area (Å²) in [6.45, 7) is 5.45. The zero-order valence-electron chi connectivity index (χ0n) is 11.7. The van der Waals surface area contributed by atoms with Gasteiger partial charge in [-0.2, -0.15) is 0 Å². The van der Waals surface area contributed by atoms with Gasteiger partial charge in [-0.05, 0) is 32.4 Å². The molecule has 1 rings (SSSR count). The molecule has 5 heteroatoms. The van der Waals surface area contributed by atoms with Gasteiger partial charge in [0, 0.05) is 13.1 Å². The summed E-state index contributed by atoms with van der Waals surface area (Å²) in [5, 5.41) is 12.0. The van der Waals surface area contributed by atoms with Crippen molar-refractivity contribution in [3.8, 4) is 0 Å². The Labute approximate surface area is 109 Å². The zero-order valence-corrected chi connectivity index (χ0v) is 11.7. The van der Waals surface area contributed by atoms with Gasteiger partial charge in [0.15, 0.2) is 0 Å². The lowest BCUT2D eigenvalue weighted by Crippen LogP contribution is -2.53. The van der Waals surface area contributed by atoms with E-state index >= 15 is 0 Å². The van der Waals surface area contributed by atoms with Gasteiger partial charge in [0.25, 0.3) is 0 Å². The summed E-state index contributed by atoms with van der Waals surface area (Å²) in [4.78, 5) is 25.3. The fraction of sp³-hybridized carbons (Fsp3) is 0.846. The summed E-state index contributed by atoms with van der Waals surface area (Å²) in [5.74, 6) is -1.32. The third-order valence-corrected chi connectivity index (χ3v) is 3.52. The smallest absolute Gasteiger partial charge is 0.319 e. The van der Waals surface area contributed by atoms with Crippen LogP contribution in [-0.2, 0) is 9.59 Å². The molecule has 1 fully saturated rings. The monoisotopic (exact) mass is 256 g/mol. The van der Waals surface area contributed by atoms with Crippen LogP contribution in [0.5, 0.6) is 0 Å². The van der Waals surface area contributed by atoms with Gasteiger partial charge < -0.3 is 15.3 Å². The highest BCUT2D eigenvalue weighted by molar-refractivity contribution is 6.02. The maximum Gasteiger partial charge on any atom is 0.319 e. The van der Waals surface area contributed by atoms with Crippen molar-refractivity contribution < 1.29 is 14.7 Å². The van der Waals surface area contributed by atoms with E-state index < -0.39 is 11.4 Å². The number of nitrogens with zero attached hydrogens (tertiary/aromatic N) is 1. The van der Waals surface area contributed by atoms with Crippen molar-refractivity contribution in [2.45, 2.75) is 33.1 Å². The van der Waals surface area contributed by atoms with Gasteiger partial charge in [0.05, 0.1) is 0 Å². The predicted octanol–water partition coefficient (Wildman–Crippen LogP) is 0.945. The Morgan fingerprint density at radius 1 is 1.33 bits per heavy atom. The Kier molecular flexibility index (Phi) is 4.37. The molecule has 1 aliphatic rings. The summed E-state index contributed by atoms with van der Waals surface area (Å²) in [6, 6.07) is 0. The number of carbonyl (C=O) groups excluding carboxylic acids is 1. The number of carboxylic acids is 1. The molecule has 0 heterocycles. The van der Waals surface area contributed by atoms with Crippen molar-refractivity contribution in [1.29, 1.82) is 0 Å². The third kappa shape index (κ3) is 3.22. The molecule has 104 valence electrons. The topological polar surface area (TPSA) is 69.6 Å². The Bertz CT molecular complexity index is 333. The standard InChI is InChI=1S/C13H24N2O3/c1-12(2,9-15(3)4)8-14-10(16)13(11(17)18)6-5-7-13/h5-9H2,1-4H3,(H,14,16)(H,17,18). The highest BCUT2D eigenvalue weighted by Crippen LogP contribution is 2.41. The number of rotatable bonds is 6. The van der Waals surface area contributed by atoms with Crippen molar-refractivity contribution in [2.24, 2.45) is 10.8 Å². The lowest BCUT2D eigenvalue weighted by molar-refractivity contribution is -0.162. The number of carboxylic acid groups (broad SMARTS) is 1. The summed E-state index contributed by atoms with van der Waals surface area (Å²) >= 11 is 0. The van der Waals surface area contributed by atoms with Crippen LogP contribution in [0.3, 0.4) is 0 Å². The molecule has 1 saturated carbocycles. The largest absolute Gasteiger partial charge is 0.480 e. The Hall–Kier alpha value is -1.10. The number of nitrogens with one attached hydrogen (secondary N) is 1. The molecule has 0 bridgehead atoms. The molecule has 5 nitrogen and oxygen atoms in total. The second-order valence-corrected chi connectivity index (χ2v) is 6.33. The van der Waals surface area contributed by atoms with Crippen molar-refractivity contribution >= 4 is 11.9 Å². The van der Waals surface area contributed by atoms with Gasteiger partial charge >= 0.3 is 5.97 Å². The fourth-order valence-corrected chi connectivity index (χ4v) is 2.47. The fourth-order valence-electron chi connectivity index (χ4n) is 2.47. The summed E-state index contributed by atoms with van der Waals surface area (Å²) in [7, 11) is 3.96. The van der Waals surface area contributed by atoms with Gasteiger partial charge in [-0.15, -0.1) is 0 Å². The van der Waals surface area contributed by atoms with E-state index in [-0.39, 0.29) is 11.3 Å². The Morgan fingerprint density at radius 3 is 2.22 bits per heavy atom. The van der Waals surface area contributed by atoms with Crippen LogP contribution in [0.4, 0.5) is 0 Å².